The molecule has 0 spiro atoms. The largest absolute Gasteiger partial charge is 0.391 e. The molecular formula is C32H53NO5S. The van der Waals surface area contributed by atoms with E-state index in [0.717, 1.165) is 70.6 Å². The van der Waals surface area contributed by atoms with E-state index < -0.39 is 28.0 Å². The van der Waals surface area contributed by atoms with E-state index in [2.05, 4.69) is 79.9 Å². The summed E-state index contributed by atoms with van der Waals surface area (Å²) in [6, 6.07) is -1.01. The van der Waals surface area contributed by atoms with Crippen LogP contribution in [0.2, 0.25) is 0 Å². The van der Waals surface area contributed by atoms with E-state index in [1.165, 1.54) is 0 Å². The van der Waals surface area contributed by atoms with Crippen LogP contribution < -0.4 is 5.32 Å². The number of hydrogen-bond donors (Lipinski definition) is 3. The fourth-order valence-corrected chi connectivity index (χ4v) is 4.53. The lowest BCUT2D eigenvalue weighted by Gasteiger charge is -2.23. The first kappa shape index (κ1) is 36.8. The predicted molar refractivity (Wildman–Crippen MR) is 165 cm³/mol. The number of aliphatic hydroxyl groups excluding tert-OH is 1. The predicted octanol–water partition coefficient (Wildman–Crippen LogP) is 7.56. The van der Waals surface area contributed by atoms with Crippen LogP contribution in [-0.4, -0.2) is 41.9 Å². The normalized spacial score (nSPS) is 14.7. The van der Waals surface area contributed by atoms with Crippen molar-refractivity contribution in [2.45, 2.75) is 116 Å². The smallest absolute Gasteiger partial charge is 0.266 e. The number of unbranched alkanes of at least 4 members (excludes halogenated alkanes) is 4. The SMILES string of the molecule is CC/C=C\C/C=C\C/C=C\C/C=C\C/C=C\C/C=C\CCC(=O)NC(CS(=O)(=O)O)C(O)CCCCCCC. The molecule has 2 unspecified atom stereocenters. The molecule has 0 fully saturated rings. The minimum absolute atomic E-state index is 0.188. The molecule has 0 saturated carbocycles. The van der Waals surface area contributed by atoms with E-state index in [4.69, 9.17) is 0 Å². The van der Waals surface area contributed by atoms with E-state index in [9.17, 15) is 22.9 Å². The van der Waals surface area contributed by atoms with E-state index >= 15 is 0 Å². The summed E-state index contributed by atoms with van der Waals surface area (Å²) in [6.07, 6.45) is 36.2. The molecule has 0 aliphatic heterocycles. The molecule has 0 heterocycles. The van der Waals surface area contributed by atoms with Crippen molar-refractivity contribution in [3.05, 3.63) is 72.9 Å². The van der Waals surface area contributed by atoms with Gasteiger partial charge in [-0.1, -0.05) is 119 Å². The number of aliphatic hydroxyl groups is 1. The quantitative estimate of drug-likeness (QED) is 0.0639. The molecule has 0 aliphatic rings. The maximum atomic E-state index is 12.3. The van der Waals surface area contributed by atoms with Gasteiger partial charge >= 0.3 is 0 Å². The van der Waals surface area contributed by atoms with Gasteiger partial charge in [0.05, 0.1) is 17.9 Å². The average molecular weight is 564 g/mol. The van der Waals surface area contributed by atoms with Gasteiger partial charge in [-0.2, -0.15) is 8.42 Å². The number of hydrogen-bond acceptors (Lipinski definition) is 4. The standard InChI is InChI=1S/C32H53NO5S/c1-3-5-7-9-10-11-12-13-14-15-16-17-18-19-20-21-22-24-26-28-32(35)33-30(29-39(36,37)38)31(34)27-25-23-8-6-4-2/h5,7,10-11,13-14,16-17,19-20,22,24,30-31,34H,3-4,6,8-9,12,15,18,21,23,25-29H2,1-2H3,(H,33,35)(H,36,37,38)/b7-5-,11-10-,14-13-,17-16-,20-19-,24-22-. The van der Waals surface area contributed by atoms with Gasteiger partial charge in [-0.3, -0.25) is 9.35 Å². The zero-order chi connectivity index (χ0) is 29.0. The number of nitrogens with one attached hydrogen (secondary N) is 1. The molecule has 0 aliphatic carbocycles. The first-order valence-electron chi connectivity index (χ1n) is 14.6. The third-order valence-electron chi connectivity index (χ3n) is 5.94. The topological polar surface area (TPSA) is 104 Å². The Labute approximate surface area is 238 Å². The molecule has 0 bridgehead atoms. The lowest BCUT2D eigenvalue weighted by Crippen LogP contribution is -2.47. The summed E-state index contributed by atoms with van der Waals surface area (Å²) in [5.74, 6) is -1.03. The second-order valence-electron chi connectivity index (χ2n) is 9.65. The van der Waals surface area contributed by atoms with E-state index in [1.807, 2.05) is 12.2 Å². The Morgan fingerprint density at radius 3 is 1.64 bits per heavy atom. The molecule has 0 aromatic carbocycles. The van der Waals surface area contributed by atoms with E-state index in [0.29, 0.717) is 12.8 Å². The molecule has 2 atom stereocenters. The van der Waals surface area contributed by atoms with Crippen molar-refractivity contribution in [2.75, 3.05) is 5.75 Å². The molecule has 39 heavy (non-hydrogen) atoms. The molecule has 0 aromatic heterocycles. The number of rotatable bonds is 24. The first-order valence-corrected chi connectivity index (χ1v) is 16.2. The van der Waals surface area contributed by atoms with Crippen molar-refractivity contribution < 1.29 is 22.9 Å². The zero-order valence-corrected chi connectivity index (χ0v) is 25.0. The van der Waals surface area contributed by atoms with E-state index in [1.54, 1.807) is 0 Å². The number of amides is 1. The monoisotopic (exact) mass is 563 g/mol. The molecule has 6 nitrogen and oxygen atoms in total. The molecule has 1 amide bonds. The highest BCUT2D eigenvalue weighted by molar-refractivity contribution is 7.85. The summed E-state index contributed by atoms with van der Waals surface area (Å²) < 4.78 is 31.9. The van der Waals surface area contributed by atoms with Crippen LogP contribution in [0.5, 0.6) is 0 Å². The number of carbonyl (C=O) groups excluding carboxylic acids is 1. The summed E-state index contributed by atoms with van der Waals surface area (Å²) >= 11 is 0. The molecule has 7 heteroatoms. The molecule has 3 N–H and O–H groups in total. The third kappa shape index (κ3) is 27.1. The summed E-state index contributed by atoms with van der Waals surface area (Å²) in [7, 11) is -4.32. The fourth-order valence-electron chi connectivity index (χ4n) is 3.77. The molecule has 222 valence electrons. The Balaban J connectivity index is 4.12. The second kappa shape index (κ2) is 26.0. The van der Waals surface area contributed by atoms with Crippen LogP contribution in [0.25, 0.3) is 0 Å². The van der Waals surface area contributed by atoms with Gasteiger partial charge in [0.2, 0.25) is 5.91 Å². The molecule has 0 aromatic rings. The summed E-state index contributed by atoms with van der Waals surface area (Å²) in [6.45, 7) is 4.25. The fraction of sp³-hybridized carbons (Fsp3) is 0.594. The molecule has 0 radical (unpaired) electrons. The summed E-state index contributed by atoms with van der Waals surface area (Å²) in [5.41, 5.74) is 0. The lowest BCUT2D eigenvalue weighted by atomic mass is 10.0. The maximum Gasteiger partial charge on any atom is 0.266 e. The minimum atomic E-state index is -4.32. The summed E-state index contributed by atoms with van der Waals surface area (Å²) in [4.78, 5) is 12.3. The molecular weight excluding hydrogens is 510 g/mol. The highest BCUT2D eigenvalue weighted by Gasteiger charge is 2.25. The molecule has 0 rings (SSSR count). The maximum absolute atomic E-state index is 12.3. The van der Waals surface area contributed by atoms with Gasteiger partial charge in [-0.15, -0.1) is 0 Å². The average Bonchev–Trinajstić information content (AvgIpc) is 2.88. The minimum Gasteiger partial charge on any atom is -0.391 e. The van der Waals surface area contributed by atoms with Gasteiger partial charge in [0.25, 0.3) is 10.1 Å². The van der Waals surface area contributed by atoms with Crippen LogP contribution in [-0.2, 0) is 14.9 Å². The van der Waals surface area contributed by atoms with Crippen molar-refractivity contribution in [1.82, 2.24) is 5.32 Å². The van der Waals surface area contributed by atoms with Gasteiger partial charge in [0, 0.05) is 6.42 Å². The van der Waals surface area contributed by atoms with Crippen LogP contribution >= 0.6 is 0 Å². The van der Waals surface area contributed by atoms with Gasteiger partial charge in [-0.25, -0.2) is 0 Å². The Bertz CT molecular complexity index is 884. The third-order valence-corrected chi connectivity index (χ3v) is 6.72. The van der Waals surface area contributed by atoms with Gasteiger partial charge in [0.1, 0.15) is 0 Å². The zero-order valence-electron chi connectivity index (χ0n) is 24.2. The number of carbonyl (C=O) groups is 1. The summed E-state index contributed by atoms with van der Waals surface area (Å²) in [5, 5.41) is 13.0. The Morgan fingerprint density at radius 2 is 1.18 bits per heavy atom. The van der Waals surface area contributed by atoms with E-state index in [-0.39, 0.29) is 12.3 Å². The highest BCUT2D eigenvalue weighted by atomic mass is 32.2. The van der Waals surface area contributed by atoms with Crippen molar-refractivity contribution in [1.29, 1.82) is 0 Å². The second-order valence-corrected chi connectivity index (χ2v) is 11.1. The van der Waals surface area contributed by atoms with Crippen molar-refractivity contribution in [3.8, 4) is 0 Å². The van der Waals surface area contributed by atoms with Crippen LogP contribution in [0.1, 0.15) is 104 Å². The van der Waals surface area contributed by atoms with Gasteiger partial charge < -0.3 is 10.4 Å². The van der Waals surface area contributed by atoms with Crippen molar-refractivity contribution >= 4 is 16.0 Å². The van der Waals surface area contributed by atoms with Gasteiger partial charge in [0.15, 0.2) is 0 Å². The van der Waals surface area contributed by atoms with Gasteiger partial charge in [-0.05, 0) is 51.4 Å². The van der Waals surface area contributed by atoms with Crippen LogP contribution in [0.15, 0.2) is 72.9 Å². The van der Waals surface area contributed by atoms with Crippen LogP contribution in [0, 0.1) is 0 Å². The van der Waals surface area contributed by atoms with Crippen molar-refractivity contribution in [3.63, 3.8) is 0 Å². The van der Waals surface area contributed by atoms with Crippen molar-refractivity contribution in [2.24, 2.45) is 0 Å². The first-order chi connectivity index (χ1) is 18.8. The number of allylic oxidation sites excluding steroid dienone is 12. The lowest BCUT2D eigenvalue weighted by molar-refractivity contribution is -0.122. The van der Waals surface area contributed by atoms with Crippen LogP contribution in [0.4, 0.5) is 0 Å². The Hall–Kier alpha value is -2.22. The Morgan fingerprint density at radius 1 is 0.718 bits per heavy atom. The van der Waals surface area contributed by atoms with Crippen LogP contribution in [0.3, 0.4) is 0 Å². The Kier molecular flexibility index (Phi) is 24.5. The molecule has 0 saturated heterocycles. The highest BCUT2D eigenvalue weighted by Crippen LogP contribution is 2.11.